The quantitative estimate of drug-likeness (QED) is 0.709. The molecule has 0 unspecified atom stereocenters. The number of pyridine rings is 1. The molecule has 3 aromatic rings. The normalized spacial score (nSPS) is 17.1. The lowest BCUT2D eigenvalue weighted by atomic mass is 9.96. The Morgan fingerprint density at radius 3 is 2.85 bits per heavy atom. The van der Waals surface area contributed by atoms with Crippen LogP contribution in [-0.2, 0) is 11.2 Å². The molecule has 1 saturated heterocycles. The van der Waals surface area contributed by atoms with Crippen LogP contribution in [0.3, 0.4) is 0 Å². The van der Waals surface area contributed by atoms with Gasteiger partial charge in [-0.25, -0.2) is 4.39 Å². The molecule has 1 atom stereocenters. The van der Waals surface area contributed by atoms with Crippen LogP contribution in [0.15, 0.2) is 53.2 Å². The second kappa shape index (κ2) is 7.65. The lowest BCUT2D eigenvalue weighted by molar-refractivity contribution is -0.131. The lowest BCUT2D eigenvalue weighted by Crippen LogP contribution is -2.40. The highest BCUT2D eigenvalue weighted by Crippen LogP contribution is 2.27. The zero-order valence-electron chi connectivity index (χ0n) is 14.7. The fourth-order valence-corrected chi connectivity index (χ4v) is 3.30. The van der Waals surface area contributed by atoms with E-state index in [9.17, 15) is 9.18 Å². The van der Waals surface area contributed by atoms with Gasteiger partial charge < -0.3 is 9.42 Å². The maximum atomic E-state index is 13.0. The Kier molecular flexibility index (Phi) is 4.91. The second-order valence-corrected chi connectivity index (χ2v) is 6.65. The number of hydrogen-bond donors (Lipinski definition) is 0. The van der Waals surface area contributed by atoms with Crippen LogP contribution in [0.2, 0.25) is 0 Å². The molecule has 0 radical (unpaired) electrons. The Morgan fingerprint density at radius 1 is 1.22 bits per heavy atom. The van der Waals surface area contributed by atoms with Crippen molar-refractivity contribution in [2.24, 2.45) is 0 Å². The predicted molar refractivity (Wildman–Crippen MR) is 96.2 cm³/mol. The fraction of sp³-hybridized carbons (Fsp3) is 0.300. The number of piperidine rings is 1. The van der Waals surface area contributed by atoms with Gasteiger partial charge in [-0.2, -0.15) is 4.98 Å². The molecule has 4 rings (SSSR count). The van der Waals surface area contributed by atoms with Crippen LogP contribution in [0.1, 0.15) is 30.1 Å². The standard InChI is InChI=1S/C20H19FN4O2/c21-16-8-6-14(7-9-16)12-18(26)25-11-3-4-15(13-25)19-23-20(27-24-19)17-5-1-2-10-22-17/h1-2,5-10,15H,3-4,11-13H2/t15-/m1/s1. The number of benzene rings is 1. The van der Waals surface area contributed by atoms with Gasteiger partial charge in [0.25, 0.3) is 5.89 Å². The molecular weight excluding hydrogens is 347 g/mol. The first-order valence-corrected chi connectivity index (χ1v) is 8.96. The third-order valence-electron chi connectivity index (χ3n) is 4.73. The van der Waals surface area contributed by atoms with Crippen LogP contribution in [-0.4, -0.2) is 39.0 Å². The van der Waals surface area contributed by atoms with Crippen molar-refractivity contribution in [3.05, 3.63) is 65.9 Å². The van der Waals surface area contributed by atoms with Gasteiger partial charge in [-0.15, -0.1) is 0 Å². The van der Waals surface area contributed by atoms with E-state index in [-0.39, 0.29) is 24.1 Å². The van der Waals surface area contributed by atoms with Gasteiger partial charge in [0.05, 0.1) is 6.42 Å². The Balaban J connectivity index is 1.43. The second-order valence-electron chi connectivity index (χ2n) is 6.65. The summed E-state index contributed by atoms with van der Waals surface area (Å²) in [7, 11) is 0. The van der Waals surface area contributed by atoms with E-state index in [0.717, 1.165) is 18.4 Å². The van der Waals surface area contributed by atoms with Crippen molar-refractivity contribution in [3.63, 3.8) is 0 Å². The molecule has 138 valence electrons. The van der Waals surface area contributed by atoms with E-state index >= 15 is 0 Å². The van der Waals surface area contributed by atoms with Crippen LogP contribution < -0.4 is 0 Å². The molecule has 0 spiro atoms. The molecule has 2 aromatic heterocycles. The lowest BCUT2D eigenvalue weighted by Gasteiger charge is -2.31. The molecule has 1 fully saturated rings. The van der Waals surface area contributed by atoms with E-state index in [4.69, 9.17) is 4.52 Å². The highest BCUT2D eigenvalue weighted by Gasteiger charge is 2.28. The SMILES string of the molecule is O=C(Cc1ccc(F)cc1)N1CCC[C@@H](c2noc(-c3ccccn3)n2)C1. The van der Waals surface area contributed by atoms with Crippen molar-refractivity contribution < 1.29 is 13.7 Å². The molecule has 3 heterocycles. The minimum absolute atomic E-state index is 0.0275. The smallest absolute Gasteiger partial charge is 0.276 e. The third-order valence-corrected chi connectivity index (χ3v) is 4.73. The number of carbonyl (C=O) groups is 1. The number of carbonyl (C=O) groups excluding carboxylic acids is 1. The highest BCUT2D eigenvalue weighted by molar-refractivity contribution is 5.79. The van der Waals surface area contributed by atoms with E-state index in [2.05, 4.69) is 15.1 Å². The van der Waals surface area contributed by atoms with Crippen LogP contribution in [0.4, 0.5) is 4.39 Å². The predicted octanol–water partition coefficient (Wildman–Crippen LogP) is 3.22. The molecule has 0 N–H and O–H groups in total. The Labute approximate surface area is 156 Å². The molecule has 0 saturated carbocycles. The van der Waals surface area contributed by atoms with Crippen molar-refractivity contribution in [2.45, 2.75) is 25.2 Å². The first kappa shape index (κ1) is 17.3. The number of nitrogens with zero attached hydrogens (tertiary/aromatic N) is 4. The van der Waals surface area contributed by atoms with Gasteiger partial charge in [0.1, 0.15) is 11.5 Å². The Bertz CT molecular complexity index is 911. The van der Waals surface area contributed by atoms with E-state index in [1.54, 1.807) is 18.3 Å². The number of aromatic nitrogens is 3. The van der Waals surface area contributed by atoms with Crippen molar-refractivity contribution in [3.8, 4) is 11.6 Å². The molecule has 27 heavy (non-hydrogen) atoms. The average molecular weight is 366 g/mol. The molecule has 0 aliphatic carbocycles. The summed E-state index contributed by atoms with van der Waals surface area (Å²) in [4.78, 5) is 23.1. The van der Waals surface area contributed by atoms with Gasteiger partial charge >= 0.3 is 0 Å². The number of rotatable bonds is 4. The summed E-state index contributed by atoms with van der Waals surface area (Å²) in [5.41, 5.74) is 1.44. The molecule has 6 nitrogen and oxygen atoms in total. The maximum absolute atomic E-state index is 13.0. The zero-order chi connectivity index (χ0) is 18.6. The van der Waals surface area contributed by atoms with Gasteiger partial charge in [0, 0.05) is 25.2 Å². The number of amides is 1. The summed E-state index contributed by atoms with van der Waals surface area (Å²) in [6, 6.07) is 11.5. The van der Waals surface area contributed by atoms with Crippen molar-refractivity contribution in [1.29, 1.82) is 0 Å². The number of likely N-dealkylation sites (tertiary alicyclic amines) is 1. The first-order chi connectivity index (χ1) is 13.2. The van der Waals surface area contributed by atoms with Crippen molar-refractivity contribution >= 4 is 5.91 Å². The maximum Gasteiger partial charge on any atom is 0.276 e. The fourth-order valence-electron chi connectivity index (χ4n) is 3.30. The summed E-state index contributed by atoms with van der Waals surface area (Å²) < 4.78 is 18.4. The topological polar surface area (TPSA) is 72.1 Å². The highest BCUT2D eigenvalue weighted by atomic mass is 19.1. The van der Waals surface area contributed by atoms with Crippen LogP contribution >= 0.6 is 0 Å². The van der Waals surface area contributed by atoms with E-state index in [0.29, 0.717) is 30.5 Å². The van der Waals surface area contributed by atoms with Gasteiger partial charge in [-0.05, 0) is 42.7 Å². The summed E-state index contributed by atoms with van der Waals surface area (Å²) >= 11 is 0. The molecular formula is C20H19FN4O2. The summed E-state index contributed by atoms with van der Waals surface area (Å²) in [5.74, 6) is 0.761. The van der Waals surface area contributed by atoms with E-state index in [1.807, 2.05) is 23.1 Å². The number of halogens is 1. The van der Waals surface area contributed by atoms with Crippen molar-refractivity contribution in [1.82, 2.24) is 20.0 Å². The minimum Gasteiger partial charge on any atom is -0.342 e. The van der Waals surface area contributed by atoms with Gasteiger partial charge in [-0.1, -0.05) is 23.4 Å². The van der Waals surface area contributed by atoms with Crippen molar-refractivity contribution in [2.75, 3.05) is 13.1 Å². The molecule has 0 bridgehead atoms. The van der Waals surface area contributed by atoms with Gasteiger partial charge in [0.15, 0.2) is 5.82 Å². The summed E-state index contributed by atoms with van der Waals surface area (Å²) in [6.45, 7) is 1.27. The molecule has 1 aliphatic rings. The minimum atomic E-state index is -0.301. The van der Waals surface area contributed by atoms with Crippen LogP contribution in [0, 0.1) is 5.82 Å². The monoisotopic (exact) mass is 366 g/mol. The molecule has 1 aromatic carbocycles. The third kappa shape index (κ3) is 4.02. The molecule has 1 amide bonds. The van der Waals surface area contributed by atoms with Gasteiger partial charge in [-0.3, -0.25) is 9.78 Å². The Hall–Kier alpha value is -3.09. The average Bonchev–Trinajstić information content (AvgIpc) is 3.21. The summed E-state index contributed by atoms with van der Waals surface area (Å²) in [6.07, 6.45) is 3.73. The van der Waals surface area contributed by atoms with E-state index in [1.165, 1.54) is 12.1 Å². The van der Waals surface area contributed by atoms with Crippen LogP contribution in [0.25, 0.3) is 11.6 Å². The largest absolute Gasteiger partial charge is 0.342 e. The zero-order valence-corrected chi connectivity index (χ0v) is 14.7. The van der Waals surface area contributed by atoms with E-state index < -0.39 is 0 Å². The summed E-state index contributed by atoms with van der Waals surface area (Å²) in [5, 5.41) is 4.10. The molecule has 7 heteroatoms. The van der Waals surface area contributed by atoms with Crippen LogP contribution in [0.5, 0.6) is 0 Å². The number of hydrogen-bond acceptors (Lipinski definition) is 5. The Morgan fingerprint density at radius 2 is 2.07 bits per heavy atom. The first-order valence-electron chi connectivity index (χ1n) is 8.96. The van der Waals surface area contributed by atoms with Gasteiger partial charge in [0.2, 0.25) is 5.91 Å². The molecule has 1 aliphatic heterocycles.